The Hall–Kier alpha value is -2.67. The lowest BCUT2D eigenvalue weighted by Crippen LogP contribution is -2.36. The number of thioether (sulfide) groups is 1. The number of unbranched alkanes of at least 4 members (excludes halogenated alkanes) is 1. The molecule has 0 bridgehead atoms. The lowest BCUT2D eigenvalue weighted by atomic mass is 10.0. The molecule has 0 saturated carbocycles. The summed E-state index contributed by atoms with van der Waals surface area (Å²) in [6.07, 6.45) is 3.50. The summed E-state index contributed by atoms with van der Waals surface area (Å²) in [7, 11) is 0. The Morgan fingerprint density at radius 2 is 1.16 bits per heavy atom. The molecule has 16 nitrogen and oxygen atoms in total. The van der Waals surface area contributed by atoms with Crippen LogP contribution in [0, 0.1) is 5.92 Å². The van der Waals surface area contributed by atoms with Crippen LogP contribution in [0.1, 0.15) is 39.5 Å². The second-order valence-corrected chi connectivity index (χ2v) is 13.5. The van der Waals surface area contributed by atoms with Crippen LogP contribution in [0.2, 0.25) is 0 Å². The van der Waals surface area contributed by atoms with E-state index in [0.29, 0.717) is 95.5 Å². The van der Waals surface area contributed by atoms with Gasteiger partial charge in [-0.15, -0.1) is 0 Å². The zero-order valence-electron chi connectivity index (χ0n) is 29.9. The van der Waals surface area contributed by atoms with Gasteiger partial charge in [-0.1, -0.05) is 26.8 Å². The van der Waals surface area contributed by atoms with Crippen molar-refractivity contribution in [3.63, 3.8) is 0 Å². The van der Waals surface area contributed by atoms with Gasteiger partial charge in [0.05, 0.1) is 77.4 Å². The molecule has 17 heteroatoms. The summed E-state index contributed by atoms with van der Waals surface area (Å²) in [5, 5.41) is 18.4. The highest BCUT2D eigenvalue weighted by atomic mass is 32.2. The standard InChI is InChI=1S/C33H60N6O10S/c1-25(2)20-37-32(43)23-49-19-16-46-13-10-36-31(42)22-48-18-15-45-12-9-35-30(41)21-47-17-14-44-11-8-34-29(40)7-5-4-6-28-33-27(24-50-28)38-26(3)39-33/h25,27-28,33,38-39H,3-24H2,1-2H3,(H,34,40)(H,35,41)(H,36,42)(H,37,43). The van der Waals surface area contributed by atoms with Gasteiger partial charge in [-0.05, 0) is 18.8 Å². The summed E-state index contributed by atoms with van der Waals surface area (Å²) in [5.74, 6) is 1.76. The number of rotatable bonds is 31. The predicted octanol–water partition coefficient (Wildman–Crippen LogP) is -0.716. The van der Waals surface area contributed by atoms with E-state index in [0.717, 1.165) is 30.8 Å². The zero-order chi connectivity index (χ0) is 36.2. The predicted molar refractivity (Wildman–Crippen MR) is 189 cm³/mol. The largest absolute Gasteiger partial charge is 0.377 e. The number of carbonyl (C=O) groups excluding carboxylic acids is 4. The Labute approximate surface area is 300 Å². The molecule has 2 heterocycles. The minimum atomic E-state index is -0.267. The molecule has 6 N–H and O–H groups in total. The minimum absolute atomic E-state index is 0.00395. The van der Waals surface area contributed by atoms with Crippen molar-refractivity contribution < 1.29 is 47.6 Å². The van der Waals surface area contributed by atoms with E-state index >= 15 is 0 Å². The minimum Gasteiger partial charge on any atom is -0.377 e. The van der Waals surface area contributed by atoms with Crippen molar-refractivity contribution in [2.75, 3.05) is 111 Å². The molecule has 4 amide bonds. The van der Waals surface area contributed by atoms with Crippen molar-refractivity contribution >= 4 is 35.4 Å². The van der Waals surface area contributed by atoms with Crippen LogP contribution in [0.15, 0.2) is 12.4 Å². The molecule has 2 aliphatic rings. The van der Waals surface area contributed by atoms with Gasteiger partial charge in [0.25, 0.3) is 0 Å². The van der Waals surface area contributed by atoms with Gasteiger partial charge in [0.1, 0.15) is 19.8 Å². The van der Waals surface area contributed by atoms with E-state index in [9.17, 15) is 19.2 Å². The first-order valence-corrected chi connectivity index (χ1v) is 18.7. The van der Waals surface area contributed by atoms with Gasteiger partial charge in [0.15, 0.2) is 0 Å². The molecule has 3 unspecified atom stereocenters. The summed E-state index contributed by atoms with van der Waals surface area (Å²) in [6.45, 7) is 12.2. The second-order valence-electron chi connectivity index (χ2n) is 12.3. The number of hydrogen-bond acceptors (Lipinski definition) is 13. The molecule has 3 atom stereocenters. The third-order valence-corrected chi connectivity index (χ3v) is 8.90. The number of amides is 4. The first-order valence-electron chi connectivity index (χ1n) is 17.6. The van der Waals surface area contributed by atoms with E-state index in [-0.39, 0.29) is 63.3 Å². The molecular weight excluding hydrogens is 672 g/mol. The van der Waals surface area contributed by atoms with E-state index < -0.39 is 0 Å². The van der Waals surface area contributed by atoms with Gasteiger partial charge >= 0.3 is 0 Å². The molecule has 0 aromatic carbocycles. The monoisotopic (exact) mass is 732 g/mol. The maximum atomic E-state index is 12.1. The molecule has 0 aromatic heterocycles. The average molecular weight is 733 g/mol. The molecule has 0 radical (unpaired) electrons. The highest BCUT2D eigenvalue weighted by Crippen LogP contribution is 2.34. The summed E-state index contributed by atoms with van der Waals surface area (Å²) in [4.78, 5) is 47.2. The molecule has 0 aliphatic carbocycles. The molecule has 2 fully saturated rings. The maximum Gasteiger partial charge on any atom is 0.246 e. The number of carbonyl (C=O) groups is 4. The summed E-state index contributed by atoms with van der Waals surface area (Å²) in [6, 6.07) is 0.922. The highest BCUT2D eigenvalue weighted by molar-refractivity contribution is 8.00. The van der Waals surface area contributed by atoms with Crippen LogP contribution in [-0.4, -0.2) is 152 Å². The van der Waals surface area contributed by atoms with Crippen LogP contribution >= 0.6 is 11.8 Å². The van der Waals surface area contributed by atoms with E-state index in [4.69, 9.17) is 28.4 Å². The second kappa shape index (κ2) is 28.0. The van der Waals surface area contributed by atoms with Crippen molar-refractivity contribution in [1.29, 1.82) is 0 Å². The van der Waals surface area contributed by atoms with Crippen molar-refractivity contribution in [2.45, 2.75) is 56.9 Å². The SMILES string of the molecule is C=C1NC2CSC(CCCCC(=O)NCCOCCOCC(=O)NCCOCCOCC(=O)NCCOCCOCC(=O)NCC(C)C)C2N1. The van der Waals surface area contributed by atoms with Crippen LogP contribution in [-0.2, 0) is 47.6 Å². The fourth-order valence-corrected chi connectivity index (χ4v) is 6.42. The lowest BCUT2D eigenvalue weighted by Gasteiger charge is -2.17. The topological polar surface area (TPSA) is 196 Å². The zero-order valence-corrected chi connectivity index (χ0v) is 30.7. The average Bonchev–Trinajstić information content (AvgIpc) is 3.64. The fraction of sp³-hybridized carbons (Fsp3) is 0.818. The Kier molecular flexibility index (Phi) is 24.3. The van der Waals surface area contributed by atoms with Gasteiger partial charge in [-0.3, -0.25) is 19.2 Å². The van der Waals surface area contributed by atoms with Gasteiger partial charge in [-0.25, -0.2) is 0 Å². The molecule has 2 aliphatic heterocycles. The smallest absolute Gasteiger partial charge is 0.246 e. The molecule has 50 heavy (non-hydrogen) atoms. The van der Waals surface area contributed by atoms with Crippen molar-refractivity contribution in [1.82, 2.24) is 31.9 Å². The Morgan fingerprint density at radius 3 is 1.68 bits per heavy atom. The van der Waals surface area contributed by atoms with Gasteiger partial charge in [-0.2, -0.15) is 11.8 Å². The Bertz CT molecular complexity index is 995. The van der Waals surface area contributed by atoms with E-state index in [1.54, 1.807) is 0 Å². The number of ether oxygens (including phenoxy) is 6. The van der Waals surface area contributed by atoms with Crippen molar-refractivity contribution in [2.24, 2.45) is 5.92 Å². The number of nitrogens with one attached hydrogen (secondary N) is 6. The van der Waals surface area contributed by atoms with Crippen LogP contribution in [0.25, 0.3) is 0 Å². The lowest BCUT2D eigenvalue weighted by molar-refractivity contribution is -0.128. The first-order chi connectivity index (χ1) is 24.2. The van der Waals surface area contributed by atoms with E-state index in [1.165, 1.54) is 0 Å². The molecule has 288 valence electrons. The van der Waals surface area contributed by atoms with E-state index in [1.807, 2.05) is 25.6 Å². The van der Waals surface area contributed by atoms with Crippen LogP contribution in [0.5, 0.6) is 0 Å². The Balaban J connectivity index is 1.24. The van der Waals surface area contributed by atoms with Crippen molar-refractivity contribution in [3.05, 3.63) is 12.4 Å². The van der Waals surface area contributed by atoms with Crippen LogP contribution in [0.4, 0.5) is 0 Å². The third-order valence-electron chi connectivity index (χ3n) is 7.40. The number of fused-ring (bicyclic) bond motifs is 1. The van der Waals surface area contributed by atoms with Crippen LogP contribution < -0.4 is 31.9 Å². The van der Waals surface area contributed by atoms with E-state index in [2.05, 4.69) is 38.5 Å². The number of hydrogen-bond donors (Lipinski definition) is 6. The highest BCUT2D eigenvalue weighted by Gasteiger charge is 2.40. The summed E-state index contributed by atoms with van der Waals surface area (Å²) >= 11 is 1.99. The van der Waals surface area contributed by atoms with Gasteiger partial charge in [0, 0.05) is 43.6 Å². The van der Waals surface area contributed by atoms with Crippen molar-refractivity contribution in [3.8, 4) is 0 Å². The third kappa shape index (κ3) is 22.2. The molecule has 0 spiro atoms. The normalized spacial score (nSPS) is 18.0. The molecule has 0 aromatic rings. The summed E-state index contributed by atoms with van der Waals surface area (Å²) < 4.78 is 32.0. The summed E-state index contributed by atoms with van der Waals surface area (Å²) in [5.41, 5.74) is 0. The molecule has 2 saturated heterocycles. The molecular formula is C33H60N6O10S. The van der Waals surface area contributed by atoms with Gasteiger partial charge in [0.2, 0.25) is 23.6 Å². The molecule has 2 rings (SSSR count). The Morgan fingerprint density at radius 1 is 0.680 bits per heavy atom. The first kappa shape index (κ1) is 43.5. The fourth-order valence-electron chi connectivity index (χ4n) is 4.88. The van der Waals surface area contributed by atoms with Crippen LogP contribution in [0.3, 0.4) is 0 Å². The van der Waals surface area contributed by atoms with Gasteiger partial charge < -0.3 is 60.3 Å². The maximum absolute atomic E-state index is 12.1. The quantitative estimate of drug-likeness (QED) is 0.0490.